The second-order valence-corrected chi connectivity index (χ2v) is 5.40. The van der Waals surface area contributed by atoms with Crippen molar-refractivity contribution in [3.05, 3.63) is 23.8 Å². The zero-order valence-electron chi connectivity index (χ0n) is 13.4. The molecular formula is C15H19ClF4N2O3. The maximum absolute atomic E-state index is 13.0. The van der Waals surface area contributed by atoms with Gasteiger partial charge in [-0.2, -0.15) is 8.78 Å². The lowest BCUT2D eigenvalue weighted by atomic mass is 10.1. The molecule has 0 saturated carbocycles. The Balaban J connectivity index is 0.00000312. The number of hydrogen-bond acceptors (Lipinski definition) is 4. The van der Waals surface area contributed by atoms with Gasteiger partial charge in [0.1, 0.15) is 0 Å². The molecule has 0 radical (unpaired) electrons. The first-order valence-corrected chi connectivity index (χ1v) is 7.31. The monoisotopic (exact) mass is 386 g/mol. The first kappa shape index (κ1) is 21.3. The summed E-state index contributed by atoms with van der Waals surface area (Å²) < 4.78 is 60.1. The smallest absolute Gasteiger partial charge is 0.387 e. The van der Waals surface area contributed by atoms with Gasteiger partial charge < -0.3 is 14.8 Å². The molecular weight excluding hydrogens is 368 g/mol. The van der Waals surface area contributed by atoms with E-state index in [1.807, 2.05) is 0 Å². The molecule has 1 fully saturated rings. The van der Waals surface area contributed by atoms with Crippen LogP contribution >= 0.6 is 12.4 Å². The minimum absolute atomic E-state index is 0. The fourth-order valence-corrected chi connectivity index (χ4v) is 2.42. The van der Waals surface area contributed by atoms with Crippen molar-refractivity contribution in [3.8, 4) is 11.5 Å². The van der Waals surface area contributed by atoms with Gasteiger partial charge in [0.05, 0.1) is 19.7 Å². The summed E-state index contributed by atoms with van der Waals surface area (Å²) in [5, 5.41) is 5.00. The van der Waals surface area contributed by atoms with Gasteiger partial charge in [-0.25, -0.2) is 8.78 Å². The van der Waals surface area contributed by atoms with Crippen LogP contribution in [-0.4, -0.2) is 44.7 Å². The van der Waals surface area contributed by atoms with Crippen molar-refractivity contribution in [1.29, 1.82) is 0 Å². The van der Waals surface area contributed by atoms with Crippen LogP contribution in [0.3, 0.4) is 0 Å². The molecule has 2 N–H and O–H groups in total. The summed E-state index contributed by atoms with van der Waals surface area (Å²) in [7, 11) is 1.33. The SMILES string of the molecule is COc1ccc(CCNC(=O)C2CC(F)(F)CN2)cc1OC(F)F.Cl. The lowest BCUT2D eigenvalue weighted by Gasteiger charge is -2.13. The number of alkyl halides is 4. The van der Waals surface area contributed by atoms with E-state index in [0.717, 1.165) is 0 Å². The first-order chi connectivity index (χ1) is 11.3. The second kappa shape index (κ2) is 9.10. The Hall–Kier alpha value is -1.74. The van der Waals surface area contributed by atoms with E-state index in [4.69, 9.17) is 4.74 Å². The van der Waals surface area contributed by atoms with Crippen LogP contribution in [0, 0.1) is 0 Å². The Kier molecular flexibility index (Phi) is 7.75. The topological polar surface area (TPSA) is 59.6 Å². The predicted octanol–water partition coefficient (Wildman–Crippen LogP) is 2.37. The molecule has 1 amide bonds. The average molecular weight is 387 g/mol. The van der Waals surface area contributed by atoms with Crippen LogP contribution in [0.1, 0.15) is 12.0 Å². The van der Waals surface area contributed by atoms with Crippen molar-refractivity contribution in [1.82, 2.24) is 10.6 Å². The summed E-state index contributed by atoms with van der Waals surface area (Å²) in [5.74, 6) is -3.32. The zero-order chi connectivity index (χ0) is 17.7. The van der Waals surface area contributed by atoms with Crippen molar-refractivity contribution in [2.45, 2.75) is 31.4 Å². The van der Waals surface area contributed by atoms with Crippen LogP contribution in [0.25, 0.3) is 0 Å². The predicted molar refractivity (Wildman–Crippen MR) is 84.9 cm³/mol. The molecule has 1 aliphatic heterocycles. The van der Waals surface area contributed by atoms with E-state index < -0.39 is 37.4 Å². The molecule has 1 aromatic carbocycles. The standard InChI is InChI=1S/C15H18F4N2O3.ClH/c1-23-11-3-2-9(6-12(11)24-14(16)17)4-5-20-13(22)10-7-15(18,19)8-21-10;/h2-3,6,10,14,21H,4-5,7-8H2,1H3,(H,20,22);1H. The van der Waals surface area contributed by atoms with Gasteiger partial charge in [0, 0.05) is 13.0 Å². The van der Waals surface area contributed by atoms with E-state index in [-0.39, 0.29) is 30.5 Å². The highest BCUT2D eigenvalue weighted by atomic mass is 35.5. The quantitative estimate of drug-likeness (QED) is 0.706. The van der Waals surface area contributed by atoms with Crippen LogP contribution in [0.5, 0.6) is 11.5 Å². The maximum Gasteiger partial charge on any atom is 0.387 e. The Morgan fingerprint density at radius 2 is 2.12 bits per heavy atom. The van der Waals surface area contributed by atoms with Crippen molar-refractivity contribution in [2.24, 2.45) is 0 Å². The van der Waals surface area contributed by atoms with Crippen molar-refractivity contribution >= 4 is 18.3 Å². The molecule has 142 valence electrons. The lowest BCUT2D eigenvalue weighted by Crippen LogP contribution is -2.41. The van der Waals surface area contributed by atoms with Crippen molar-refractivity contribution < 1.29 is 31.8 Å². The van der Waals surface area contributed by atoms with Crippen LogP contribution in [0.15, 0.2) is 18.2 Å². The lowest BCUT2D eigenvalue weighted by molar-refractivity contribution is -0.123. The van der Waals surface area contributed by atoms with Crippen LogP contribution in [0.4, 0.5) is 17.6 Å². The normalized spacial score (nSPS) is 18.6. The Labute approximate surface area is 148 Å². The van der Waals surface area contributed by atoms with E-state index >= 15 is 0 Å². The number of carbonyl (C=O) groups is 1. The summed E-state index contributed by atoms with van der Waals surface area (Å²) >= 11 is 0. The third-order valence-electron chi connectivity index (χ3n) is 3.58. The molecule has 0 aromatic heterocycles. The van der Waals surface area contributed by atoms with Gasteiger partial charge >= 0.3 is 6.61 Å². The number of benzene rings is 1. The van der Waals surface area contributed by atoms with Gasteiger partial charge in [-0.1, -0.05) is 6.07 Å². The van der Waals surface area contributed by atoms with Crippen LogP contribution < -0.4 is 20.1 Å². The number of ether oxygens (including phenoxy) is 2. The van der Waals surface area contributed by atoms with E-state index in [0.29, 0.717) is 12.0 Å². The third kappa shape index (κ3) is 6.24. The summed E-state index contributed by atoms with van der Waals surface area (Å²) in [6, 6.07) is 3.59. The fraction of sp³-hybridized carbons (Fsp3) is 0.533. The minimum Gasteiger partial charge on any atom is -0.493 e. The van der Waals surface area contributed by atoms with E-state index in [1.165, 1.54) is 19.2 Å². The molecule has 1 aliphatic rings. The molecule has 1 saturated heterocycles. The summed E-state index contributed by atoms with van der Waals surface area (Å²) in [5.41, 5.74) is 0.636. The Morgan fingerprint density at radius 1 is 1.40 bits per heavy atom. The summed E-state index contributed by atoms with van der Waals surface area (Å²) in [6.45, 7) is -3.31. The van der Waals surface area contributed by atoms with Gasteiger partial charge in [0.2, 0.25) is 5.91 Å². The summed E-state index contributed by atoms with van der Waals surface area (Å²) in [6.07, 6.45) is -0.202. The van der Waals surface area contributed by atoms with E-state index in [2.05, 4.69) is 15.4 Å². The van der Waals surface area contributed by atoms with Crippen molar-refractivity contribution in [2.75, 3.05) is 20.2 Å². The number of methoxy groups -OCH3 is 1. The summed E-state index contributed by atoms with van der Waals surface area (Å²) in [4.78, 5) is 11.8. The maximum atomic E-state index is 13.0. The molecule has 0 bridgehead atoms. The number of halogens is 5. The molecule has 1 atom stereocenters. The van der Waals surface area contributed by atoms with Gasteiger partial charge in [-0.3, -0.25) is 10.1 Å². The highest BCUT2D eigenvalue weighted by Crippen LogP contribution is 2.29. The van der Waals surface area contributed by atoms with Gasteiger partial charge in [-0.15, -0.1) is 12.4 Å². The molecule has 25 heavy (non-hydrogen) atoms. The molecule has 1 heterocycles. The van der Waals surface area contributed by atoms with Gasteiger partial charge in [0.15, 0.2) is 11.5 Å². The van der Waals surface area contributed by atoms with Crippen LogP contribution in [0.2, 0.25) is 0 Å². The molecule has 1 unspecified atom stereocenters. The van der Waals surface area contributed by atoms with Crippen LogP contribution in [-0.2, 0) is 11.2 Å². The average Bonchev–Trinajstić information content (AvgIpc) is 2.87. The van der Waals surface area contributed by atoms with E-state index in [1.54, 1.807) is 6.07 Å². The van der Waals surface area contributed by atoms with Gasteiger partial charge in [0.25, 0.3) is 5.92 Å². The number of hydrogen-bond donors (Lipinski definition) is 2. The molecule has 1 aromatic rings. The number of rotatable bonds is 7. The highest BCUT2D eigenvalue weighted by Gasteiger charge is 2.42. The first-order valence-electron chi connectivity index (χ1n) is 7.31. The second-order valence-electron chi connectivity index (χ2n) is 5.40. The largest absolute Gasteiger partial charge is 0.493 e. The number of carbonyl (C=O) groups excluding carboxylic acids is 1. The van der Waals surface area contributed by atoms with E-state index in [9.17, 15) is 22.4 Å². The number of nitrogens with one attached hydrogen (secondary N) is 2. The third-order valence-corrected chi connectivity index (χ3v) is 3.58. The Bertz CT molecular complexity index is 590. The van der Waals surface area contributed by atoms with Crippen molar-refractivity contribution in [3.63, 3.8) is 0 Å². The molecule has 5 nitrogen and oxygen atoms in total. The minimum atomic E-state index is -2.98. The molecule has 2 rings (SSSR count). The number of amides is 1. The molecule has 0 spiro atoms. The highest BCUT2D eigenvalue weighted by molar-refractivity contribution is 5.85. The molecule has 10 heteroatoms. The molecule has 0 aliphatic carbocycles. The zero-order valence-corrected chi connectivity index (χ0v) is 14.2. The van der Waals surface area contributed by atoms with Gasteiger partial charge in [-0.05, 0) is 24.1 Å². The fourth-order valence-electron chi connectivity index (χ4n) is 2.42. The Morgan fingerprint density at radius 3 is 2.68 bits per heavy atom.